The largest absolute Gasteiger partial charge is 0.435 e. The second-order valence-corrected chi connectivity index (χ2v) is 11.9. The van der Waals surface area contributed by atoms with E-state index in [0.29, 0.717) is 23.8 Å². The highest BCUT2D eigenvalue weighted by Crippen LogP contribution is 2.67. The zero-order valence-corrected chi connectivity index (χ0v) is 20.9. The summed E-state index contributed by atoms with van der Waals surface area (Å²) in [4.78, 5) is 19.2. The van der Waals surface area contributed by atoms with Crippen LogP contribution in [0.2, 0.25) is 0 Å². The summed E-state index contributed by atoms with van der Waals surface area (Å²) in [7, 11) is 3.62. The summed E-state index contributed by atoms with van der Waals surface area (Å²) in [6.45, 7) is 8.44. The summed E-state index contributed by atoms with van der Waals surface area (Å²) in [5.74, 6) is 3.47. The van der Waals surface area contributed by atoms with E-state index in [4.69, 9.17) is 4.84 Å². The van der Waals surface area contributed by atoms with Gasteiger partial charge in [0.1, 0.15) is 0 Å². The van der Waals surface area contributed by atoms with E-state index in [-0.39, 0.29) is 17.6 Å². The maximum Gasteiger partial charge on any atom is 0.435 e. The Bertz CT molecular complexity index is 727. The molecule has 4 aliphatic carbocycles. The lowest BCUT2D eigenvalue weighted by Gasteiger charge is -2.61. The predicted octanol–water partition coefficient (Wildman–Crippen LogP) is 4.67. The third-order valence-corrected chi connectivity index (χ3v) is 10.4. The number of hydrogen-bond acceptors (Lipinski definition) is 5. The summed E-state index contributed by atoms with van der Waals surface area (Å²) >= 11 is 0. The first-order valence-corrected chi connectivity index (χ1v) is 13.0. The number of hydrogen-bond donors (Lipinski definition) is 2. The molecule has 0 aliphatic heterocycles. The molecule has 0 heterocycles. The number of carbonyl (C=O) groups is 1. The molecule has 2 N–H and O–H groups in total. The molecule has 0 radical (unpaired) electrons. The van der Waals surface area contributed by atoms with Gasteiger partial charge in [-0.15, -0.1) is 0 Å². The van der Waals surface area contributed by atoms with Gasteiger partial charge in [0.05, 0.1) is 11.8 Å². The predicted molar refractivity (Wildman–Crippen MR) is 127 cm³/mol. The molecule has 182 valence electrons. The topological polar surface area (TPSA) is 74.2 Å². The normalized spacial score (nSPS) is 43.8. The highest BCUT2D eigenvalue weighted by Gasteiger charge is 2.60. The van der Waals surface area contributed by atoms with Gasteiger partial charge in [-0.1, -0.05) is 19.0 Å². The van der Waals surface area contributed by atoms with Crippen molar-refractivity contribution in [2.45, 2.75) is 84.7 Å². The Kier molecular flexibility index (Phi) is 6.94. The smallest absolute Gasteiger partial charge is 0.393 e. The molecule has 32 heavy (non-hydrogen) atoms. The standard InChI is InChI=1S/C26H45N3O3/c1-17(28-32-24(31)29(5)15-14-27-4)21-8-9-22-20-7-6-18-16-19(30)10-12-25(18,2)23(20)11-13-26(21,22)3/h18-23,27,30H,6-16H2,1-5H3/b28-17+/t18-,19-,20+,21-,22+,23+,25+,26-/m1/s1. The molecule has 0 aromatic heterocycles. The van der Waals surface area contributed by atoms with E-state index in [1.807, 2.05) is 7.05 Å². The van der Waals surface area contributed by atoms with Gasteiger partial charge >= 0.3 is 6.09 Å². The van der Waals surface area contributed by atoms with E-state index >= 15 is 0 Å². The number of aliphatic hydroxyl groups is 1. The summed E-state index contributed by atoms with van der Waals surface area (Å²) in [6.07, 6.45) is 10.3. The molecule has 0 spiro atoms. The minimum atomic E-state index is -0.381. The van der Waals surface area contributed by atoms with Crippen LogP contribution in [0.4, 0.5) is 4.79 Å². The number of aliphatic hydroxyl groups excluding tert-OH is 1. The average Bonchev–Trinajstić information content (AvgIpc) is 3.13. The van der Waals surface area contributed by atoms with Crippen LogP contribution in [-0.4, -0.2) is 55.1 Å². The maximum absolute atomic E-state index is 12.3. The quantitative estimate of drug-likeness (QED) is 0.365. The fourth-order valence-electron chi connectivity index (χ4n) is 8.54. The number of fused-ring (bicyclic) bond motifs is 5. The van der Waals surface area contributed by atoms with Crippen molar-refractivity contribution in [3.63, 3.8) is 0 Å². The molecule has 4 aliphatic rings. The molecular weight excluding hydrogens is 402 g/mol. The van der Waals surface area contributed by atoms with E-state index in [1.54, 1.807) is 11.9 Å². The molecule has 0 saturated heterocycles. The van der Waals surface area contributed by atoms with E-state index < -0.39 is 0 Å². The lowest BCUT2D eigenvalue weighted by molar-refractivity contribution is -0.123. The minimum absolute atomic E-state index is 0.0757. The third-order valence-electron chi connectivity index (χ3n) is 10.4. The molecule has 0 aromatic rings. The van der Waals surface area contributed by atoms with Crippen molar-refractivity contribution >= 4 is 11.8 Å². The molecule has 6 heteroatoms. The van der Waals surface area contributed by atoms with Gasteiger partial charge in [-0.25, -0.2) is 4.79 Å². The Balaban J connectivity index is 1.44. The Morgan fingerprint density at radius 2 is 1.81 bits per heavy atom. The van der Waals surface area contributed by atoms with Crippen LogP contribution in [-0.2, 0) is 4.84 Å². The lowest BCUT2D eigenvalue weighted by Crippen LogP contribution is -2.54. The Labute approximate surface area is 194 Å². The first-order valence-electron chi connectivity index (χ1n) is 13.0. The van der Waals surface area contributed by atoms with Crippen LogP contribution in [0, 0.1) is 40.4 Å². The van der Waals surface area contributed by atoms with Crippen molar-refractivity contribution in [2.75, 3.05) is 27.2 Å². The summed E-state index contributed by atoms with van der Waals surface area (Å²) < 4.78 is 0. The van der Waals surface area contributed by atoms with E-state index in [9.17, 15) is 9.90 Å². The number of likely N-dealkylation sites (N-methyl/N-ethyl adjacent to an activating group) is 2. The van der Waals surface area contributed by atoms with E-state index in [2.05, 4.69) is 31.2 Å². The first kappa shape index (κ1) is 24.0. The zero-order chi connectivity index (χ0) is 23.1. The van der Waals surface area contributed by atoms with Crippen molar-refractivity contribution in [1.82, 2.24) is 10.2 Å². The van der Waals surface area contributed by atoms with Crippen LogP contribution in [0.3, 0.4) is 0 Å². The Morgan fingerprint density at radius 3 is 2.56 bits per heavy atom. The molecule has 0 unspecified atom stereocenters. The van der Waals surface area contributed by atoms with Gasteiger partial charge < -0.3 is 15.3 Å². The van der Waals surface area contributed by atoms with Gasteiger partial charge in [-0.05, 0) is 106 Å². The molecule has 4 fully saturated rings. The number of oxime groups is 1. The van der Waals surface area contributed by atoms with Crippen molar-refractivity contribution in [3.8, 4) is 0 Å². The monoisotopic (exact) mass is 447 g/mol. The Morgan fingerprint density at radius 1 is 1.09 bits per heavy atom. The fraction of sp³-hybridized carbons (Fsp3) is 0.923. The second-order valence-electron chi connectivity index (χ2n) is 11.9. The van der Waals surface area contributed by atoms with Gasteiger partial charge in [0, 0.05) is 26.1 Å². The summed E-state index contributed by atoms with van der Waals surface area (Å²) in [5.41, 5.74) is 1.67. The number of carbonyl (C=O) groups excluding carboxylic acids is 1. The number of rotatable bonds is 5. The maximum atomic E-state index is 12.3. The van der Waals surface area contributed by atoms with Crippen LogP contribution >= 0.6 is 0 Å². The van der Waals surface area contributed by atoms with Crippen molar-refractivity contribution in [3.05, 3.63) is 0 Å². The molecule has 6 nitrogen and oxygen atoms in total. The van der Waals surface area contributed by atoms with Gasteiger partial charge in [-0.2, -0.15) is 0 Å². The second kappa shape index (κ2) is 9.25. The highest BCUT2D eigenvalue weighted by molar-refractivity contribution is 5.85. The minimum Gasteiger partial charge on any atom is -0.393 e. The van der Waals surface area contributed by atoms with Crippen LogP contribution in [0.5, 0.6) is 0 Å². The molecule has 4 saturated carbocycles. The lowest BCUT2D eigenvalue weighted by atomic mass is 9.44. The SMILES string of the molecule is CNCCN(C)C(=O)O/N=C(\C)[C@H]1CC[C@H]2[C@@H]3CC[C@@H]4C[C@H](O)CC[C@]4(C)[C@H]3CC[C@]12C. The third kappa shape index (κ3) is 4.11. The van der Waals surface area contributed by atoms with Crippen LogP contribution in [0.15, 0.2) is 5.16 Å². The molecule has 8 atom stereocenters. The molecule has 0 bridgehead atoms. The van der Waals surface area contributed by atoms with E-state index in [1.165, 1.54) is 38.5 Å². The van der Waals surface area contributed by atoms with Crippen molar-refractivity contribution < 1.29 is 14.7 Å². The van der Waals surface area contributed by atoms with Gasteiger partial charge in [0.2, 0.25) is 0 Å². The van der Waals surface area contributed by atoms with Crippen LogP contribution in [0.1, 0.15) is 78.6 Å². The average molecular weight is 448 g/mol. The van der Waals surface area contributed by atoms with Crippen LogP contribution < -0.4 is 5.32 Å². The molecule has 0 aromatic carbocycles. The van der Waals surface area contributed by atoms with Crippen molar-refractivity contribution in [2.24, 2.45) is 45.6 Å². The summed E-state index contributed by atoms with van der Waals surface area (Å²) in [5, 5.41) is 17.6. The molecule has 4 rings (SSSR count). The van der Waals surface area contributed by atoms with Gasteiger partial charge in [0.15, 0.2) is 0 Å². The van der Waals surface area contributed by atoms with Crippen LogP contribution in [0.25, 0.3) is 0 Å². The number of nitrogens with zero attached hydrogens (tertiary/aromatic N) is 2. The molecule has 1 amide bonds. The van der Waals surface area contributed by atoms with Gasteiger partial charge in [-0.3, -0.25) is 4.84 Å². The highest BCUT2D eigenvalue weighted by atomic mass is 16.7. The first-order chi connectivity index (χ1) is 15.2. The van der Waals surface area contributed by atoms with Gasteiger partial charge in [0.25, 0.3) is 0 Å². The fourth-order valence-corrected chi connectivity index (χ4v) is 8.54. The van der Waals surface area contributed by atoms with Crippen molar-refractivity contribution in [1.29, 1.82) is 0 Å². The van der Waals surface area contributed by atoms with E-state index in [0.717, 1.165) is 49.3 Å². The number of nitrogens with one attached hydrogen (secondary N) is 1. The summed E-state index contributed by atoms with van der Waals surface area (Å²) in [6, 6.07) is 0. The molecular formula is C26H45N3O3. The number of amides is 1. The Hall–Kier alpha value is -1.14. The zero-order valence-electron chi connectivity index (χ0n) is 20.9.